The summed E-state index contributed by atoms with van der Waals surface area (Å²) < 4.78 is 15.3. The van der Waals surface area contributed by atoms with Gasteiger partial charge in [-0.1, -0.05) is 0 Å². The van der Waals surface area contributed by atoms with Gasteiger partial charge in [-0.25, -0.2) is 4.79 Å². The first-order valence-electron chi connectivity index (χ1n) is 5.68. The van der Waals surface area contributed by atoms with E-state index in [1.807, 2.05) is 0 Å². The summed E-state index contributed by atoms with van der Waals surface area (Å²) in [7, 11) is 3.29. The first kappa shape index (κ1) is 14.7. The van der Waals surface area contributed by atoms with Crippen LogP contribution in [0.3, 0.4) is 0 Å². The number of methoxy groups -OCH3 is 2. The maximum absolute atomic E-state index is 10.7. The van der Waals surface area contributed by atoms with Gasteiger partial charge in [0.05, 0.1) is 25.3 Å². The largest absolute Gasteiger partial charge is 0.478 e. The van der Waals surface area contributed by atoms with Gasteiger partial charge in [-0.15, -0.1) is 0 Å². The fraction of sp³-hybridized carbons (Fsp3) is 0.583. The summed E-state index contributed by atoms with van der Waals surface area (Å²) in [5.41, 5.74) is 0.170. The lowest BCUT2D eigenvalue weighted by Gasteiger charge is -2.20. The lowest BCUT2D eigenvalue weighted by molar-refractivity contribution is 0.0696. The second kappa shape index (κ2) is 7.86. The van der Waals surface area contributed by atoms with Crippen LogP contribution in [0.2, 0.25) is 0 Å². The zero-order chi connectivity index (χ0) is 13.4. The van der Waals surface area contributed by atoms with Gasteiger partial charge < -0.3 is 19.0 Å². The number of furan rings is 1. The molecule has 0 radical (unpaired) electrons. The van der Waals surface area contributed by atoms with Crippen molar-refractivity contribution in [3.8, 4) is 0 Å². The Morgan fingerprint density at radius 1 is 1.33 bits per heavy atom. The Labute approximate surface area is 106 Å². The second-order valence-corrected chi connectivity index (χ2v) is 3.87. The molecule has 0 amide bonds. The van der Waals surface area contributed by atoms with Gasteiger partial charge in [-0.3, -0.25) is 4.90 Å². The Bertz CT molecular complexity index is 355. The van der Waals surface area contributed by atoms with E-state index in [2.05, 4.69) is 4.90 Å². The number of nitrogens with zero attached hydrogens (tertiary/aromatic N) is 1. The summed E-state index contributed by atoms with van der Waals surface area (Å²) in [6.07, 6.45) is 1.25. The van der Waals surface area contributed by atoms with Crippen LogP contribution in [-0.4, -0.2) is 56.5 Å². The number of carboxylic acids is 1. The molecule has 0 fully saturated rings. The van der Waals surface area contributed by atoms with Crippen LogP contribution in [0, 0.1) is 0 Å². The lowest BCUT2D eigenvalue weighted by Crippen LogP contribution is -2.30. The van der Waals surface area contributed by atoms with Gasteiger partial charge in [0.25, 0.3) is 0 Å². The smallest absolute Gasteiger partial charge is 0.338 e. The van der Waals surface area contributed by atoms with Gasteiger partial charge in [0.15, 0.2) is 0 Å². The van der Waals surface area contributed by atoms with Crippen molar-refractivity contribution in [1.82, 2.24) is 4.90 Å². The molecule has 0 spiro atoms. The Morgan fingerprint density at radius 3 is 2.39 bits per heavy atom. The highest BCUT2D eigenvalue weighted by atomic mass is 16.5. The van der Waals surface area contributed by atoms with E-state index in [9.17, 15) is 4.79 Å². The summed E-state index contributed by atoms with van der Waals surface area (Å²) in [6, 6.07) is 1.54. The van der Waals surface area contributed by atoms with E-state index >= 15 is 0 Å². The summed E-state index contributed by atoms with van der Waals surface area (Å²) in [5, 5.41) is 8.80. The van der Waals surface area contributed by atoms with Crippen LogP contribution in [0.4, 0.5) is 0 Å². The Hall–Kier alpha value is -1.37. The molecule has 1 N–H and O–H groups in total. The van der Waals surface area contributed by atoms with Crippen LogP contribution in [-0.2, 0) is 16.0 Å². The fourth-order valence-electron chi connectivity index (χ4n) is 1.51. The van der Waals surface area contributed by atoms with Gasteiger partial charge in [-0.05, 0) is 6.07 Å². The molecule has 0 bridgehead atoms. The monoisotopic (exact) mass is 257 g/mol. The molecule has 1 rings (SSSR count). The van der Waals surface area contributed by atoms with Crippen molar-refractivity contribution in [2.45, 2.75) is 6.54 Å². The van der Waals surface area contributed by atoms with Gasteiger partial charge in [0.1, 0.15) is 12.0 Å². The van der Waals surface area contributed by atoms with E-state index in [0.29, 0.717) is 25.5 Å². The number of carboxylic acid groups (broad SMARTS) is 1. The van der Waals surface area contributed by atoms with E-state index in [1.54, 1.807) is 14.2 Å². The predicted molar refractivity (Wildman–Crippen MR) is 64.7 cm³/mol. The zero-order valence-electron chi connectivity index (χ0n) is 10.7. The first-order valence-corrected chi connectivity index (χ1v) is 5.68. The molecule has 0 aromatic carbocycles. The maximum Gasteiger partial charge on any atom is 0.338 e. The van der Waals surface area contributed by atoms with Crippen molar-refractivity contribution in [1.29, 1.82) is 0 Å². The van der Waals surface area contributed by atoms with Crippen molar-refractivity contribution < 1.29 is 23.8 Å². The quantitative estimate of drug-likeness (QED) is 0.713. The summed E-state index contributed by atoms with van der Waals surface area (Å²) >= 11 is 0. The number of rotatable bonds is 9. The summed E-state index contributed by atoms with van der Waals surface area (Å²) in [4.78, 5) is 12.8. The molecule has 1 aromatic rings. The fourth-order valence-corrected chi connectivity index (χ4v) is 1.51. The molecule has 0 saturated heterocycles. The lowest BCUT2D eigenvalue weighted by atomic mass is 10.3. The standard InChI is InChI=1S/C12H19NO5/c1-16-5-3-13(4-6-17-2)8-11-7-10(9-18-11)12(14)15/h7,9H,3-6,8H2,1-2H3,(H,14,15). The van der Waals surface area contributed by atoms with Crippen molar-refractivity contribution in [3.05, 3.63) is 23.7 Å². The number of hydrogen-bond acceptors (Lipinski definition) is 5. The average molecular weight is 257 g/mol. The molecule has 0 atom stereocenters. The Morgan fingerprint density at radius 2 is 1.94 bits per heavy atom. The molecule has 102 valence electrons. The molecule has 6 nitrogen and oxygen atoms in total. The molecular weight excluding hydrogens is 238 g/mol. The van der Waals surface area contributed by atoms with E-state index < -0.39 is 5.97 Å². The molecule has 0 aliphatic heterocycles. The van der Waals surface area contributed by atoms with E-state index in [4.69, 9.17) is 19.0 Å². The average Bonchev–Trinajstić information content (AvgIpc) is 2.81. The molecule has 0 aliphatic carbocycles. The van der Waals surface area contributed by atoms with Crippen molar-refractivity contribution >= 4 is 5.97 Å². The highest BCUT2D eigenvalue weighted by molar-refractivity contribution is 5.87. The maximum atomic E-state index is 10.7. The van der Waals surface area contributed by atoms with E-state index in [0.717, 1.165) is 13.1 Å². The van der Waals surface area contributed by atoms with Crippen LogP contribution in [0.25, 0.3) is 0 Å². The minimum atomic E-state index is -0.981. The van der Waals surface area contributed by atoms with Crippen LogP contribution in [0.15, 0.2) is 16.7 Å². The molecule has 0 aliphatic rings. The van der Waals surface area contributed by atoms with Crippen LogP contribution >= 0.6 is 0 Å². The molecular formula is C12H19NO5. The van der Waals surface area contributed by atoms with Crippen LogP contribution in [0.5, 0.6) is 0 Å². The third-order valence-electron chi connectivity index (χ3n) is 2.50. The van der Waals surface area contributed by atoms with Crippen molar-refractivity contribution in [2.75, 3.05) is 40.5 Å². The summed E-state index contributed by atoms with van der Waals surface area (Å²) in [6.45, 7) is 3.23. The Balaban J connectivity index is 2.54. The SMILES string of the molecule is COCCN(CCOC)Cc1cc(C(=O)O)co1. The molecule has 0 unspecified atom stereocenters. The minimum absolute atomic E-state index is 0.170. The third kappa shape index (κ3) is 4.87. The molecule has 1 heterocycles. The topological polar surface area (TPSA) is 72.1 Å². The number of ether oxygens (including phenoxy) is 2. The number of hydrogen-bond donors (Lipinski definition) is 1. The Kier molecular flexibility index (Phi) is 6.42. The predicted octanol–water partition coefficient (Wildman–Crippen LogP) is 1.07. The number of carbonyl (C=O) groups is 1. The van der Waals surface area contributed by atoms with Crippen molar-refractivity contribution in [3.63, 3.8) is 0 Å². The normalized spacial score (nSPS) is 11.1. The third-order valence-corrected chi connectivity index (χ3v) is 2.50. The molecule has 1 aromatic heterocycles. The zero-order valence-corrected chi connectivity index (χ0v) is 10.7. The van der Waals surface area contributed by atoms with Gasteiger partial charge in [-0.2, -0.15) is 0 Å². The second-order valence-electron chi connectivity index (χ2n) is 3.87. The van der Waals surface area contributed by atoms with Gasteiger partial charge in [0, 0.05) is 27.3 Å². The van der Waals surface area contributed by atoms with Crippen molar-refractivity contribution in [2.24, 2.45) is 0 Å². The minimum Gasteiger partial charge on any atom is -0.478 e. The van der Waals surface area contributed by atoms with E-state index in [1.165, 1.54) is 12.3 Å². The molecule has 18 heavy (non-hydrogen) atoms. The highest BCUT2D eigenvalue weighted by Crippen LogP contribution is 2.10. The first-order chi connectivity index (χ1) is 8.67. The van der Waals surface area contributed by atoms with Gasteiger partial charge in [0.2, 0.25) is 0 Å². The van der Waals surface area contributed by atoms with Crippen LogP contribution < -0.4 is 0 Å². The summed E-state index contributed by atoms with van der Waals surface area (Å²) in [5.74, 6) is -0.357. The highest BCUT2D eigenvalue weighted by Gasteiger charge is 2.12. The number of aromatic carboxylic acids is 1. The molecule has 0 saturated carbocycles. The van der Waals surface area contributed by atoms with Gasteiger partial charge >= 0.3 is 5.97 Å². The molecule has 6 heteroatoms. The van der Waals surface area contributed by atoms with E-state index in [-0.39, 0.29) is 5.56 Å². The van der Waals surface area contributed by atoms with Crippen LogP contribution in [0.1, 0.15) is 16.1 Å².